The molecule has 2 aliphatic heterocycles. The van der Waals surface area contributed by atoms with E-state index < -0.39 is 0 Å². The predicted molar refractivity (Wildman–Crippen MR) is 109 cm³/mol. The van der Waals surface area contributed by atoms with Crippen LogP contribution in [0.25, 0.3) is 0 Å². The molecule has 2 aromatic heterocycles. The SMILES string of the molecule is Nc1nccc(Sc2nc(CO)c(N3CCC4(CCOC4)CC3)cc2O)c1Cl. The zero-order valence-corrected chi connectivity index (χ0v) is 17.0. The van der Waals surface area contributed by atoms with Crippen LogP contribution in [0.5, 0.6) is 5.75 Å². The molecule has 0 aromatic carbocycles. The van der Waals surface area contributed by atoms with Gasteiger partial charge in [0, 0.05) is 36.9 Å². The maximum absolute atomic E-state index is 10.6. The van der Waals surface area contributed by atoms with Crippen LogP contribution in [0.3, 0.4) is 0 Å². The van der Waals surface area contributed by atoms with E-state index in [0.29, 0.717) is 26.1 Å². The molecule has 1 spiro atoms. The van der Waals surface area contributed by atoms with Crippen LogP contribution in [-0.2, 0) is 11.3 Å². The Kier molecular flexibility index (Phi) is 5.55. The summed E-state index contributed by atoms with van der Waals surface area (Å²) in [6.45, 7) is 3.19. The van der Waals surface area contributed by atoms with Crippen molar-refractivity contribution >= 4 is 34.9 Å². The zero-order chi connectivity index (χ0) is 19.7. The van der Waals surface area contributed by atoms with E-state index in [-0.39, 0.29) is 18.2 Å². The van der Waals surface area contributed by atoms with E-state index in [1.807, 2.05) is 0 Å². The Morgan fingerprint density at radius 1 is 1.32 bits per heavy atom. The highest BCUT2D eigenvalue weighted by Crippen LogP contribution is 2.43. The second-order valence-corrected chi connectivity index (χ2v) is 8.75. The van der Waals surface area contributed by atoms with Crippen molar-refractivity contribution in [3.63, 3.8) is 0 Å². The van der Waals surface area contributed by atoms with Crippen molar-refractivity contribution in [2.45, 2.75) is 35.8 Å². The van der Waals surface area contributed by atoms with E-state index in [0.717, 1.165) is 51.3 Å². The van der Waals surface area contributed by atoms with Crippen molar-refractivity contribution in [2.75, 3.05) is 36.9 Å². The van der Waals surface area contributed by atoms with Gasteiger partial charge in [-0.15, -0.1) is 0 Å². The van der Waals surface area contributed by atoms with Crippen molar-refractivity contribution in [3.05, 3.63) is 29.0 Å². The van der Waals surface area contributed by atoms with Crippen LogP contribution < -0.4 is 10.6 Å². The van der Waals surface area contributed by atoms with Crippen LogP contribution in [0.1, 0.15) is 25.0 Å². The van der Waals surface area contributed by atoms with Gasteiger partial charge >= 0.3 is 0 Å². The van der Waals surface area contributed by atoms with Crippen molar-refractivity contribution in [3.8, 4) is 5.75 Å². The van der Waals surface area contributed by atoms with Crippen LogP contribution in [-0.4, -0.2) is 46.5 Å². The molecule has 4 rings (SSSR count). The fourth-order valence-electron chi connectivity index (χ4n) is 3.87. The van der Waals surface area contributed by atoms with E-state index in [1.54, 1.807) is 18.3 Å². The number of nitrogens with two attached hydrogens (primary N) is 1. The predicted octanol–water partition coefficient (Wildman–Crippen LogP) is 3.07. The summed E-state index contributed by atoms with van der Waals surface area (Å²) in [5.41, 5.74) is 7.35. The van der Waals surface area contributed by atoms with Gasteiger partial charge in [0.2, 0.25) is 0 Å². The van der Waals surface area contributed by atoms with Gasteiger partial charge in [-0.2, -0.15) is 0 Å². The third kappa shape index (κ3) is 3.74. The first-order chi connectivity index (χ1) is 13.5. The Morgan fingerprint density at radius 3 is 2.79 bits per heavy atom. The molecule has 2 fully saturated rings. The Labute approximate surface area is 172 Å². The molecule has 4 heterocycles. The number of pyridine rings is 2. The van der Waals surface area contributed by atoms with Gasteiger partial charge in [0.25, 0.3) is 0 Å². The average Bonchev–Trinajstić information content (AvgIpc) is 3.15. The van der Waals surface area contributed by atoms with Gasteiger partial charge in [0.15, 0.2) is 0 Å². The van der Waals surface area contributed by atoms with Crippen molar-refractivity contribution in [1.29, 1.82) is 0 Å². The number of aliphatic hydroxyl groups is 1. The van der Waals surface area contributed by atoms with Gasteiger partial charge in [0.1, 0.15) is 16.6 Å². The molecular formula is C19H23ClN4O3S. The Hall–Kier alpha value is -1.74. The second kappa shape index (κ2) is 7.94. The molecule has 2 aliphatic rings. The Morgan fingerprint density at radius 2 is 2.11 bits per heavy atom. The largest absolute Gasteiger partial charge is 0.505 e. The maximum Gasteiger partial charge on any atom is 0.150 e. The fraction of sp³-hybridized carbons (Fsp3) is 0.474. The van der Waals surface area contributed by atoms with Crippen LogP contribution in [0.2, 0.25) is 5.02 Å². The van der Waals surface area contributed by atoms with Crippen molar-refractivity contribution in [2.24, 2.45) is 5.41 Å². The summed E-state index contributed by atoms with van der Waals surface area (Å²) < 4.78 is 5.60. The lowest BCUT2D eigenvalue weighted by atomic mass is 9.78. The van der Waals surface area contributed by atoms with Gasteiger partial charge < -0.3 is 25.6 Å². The van der Waals surface area contributed by atoms with Crippen LogP contribution in [0.15, 0.2) is 28.3 Å². The van der Waals surface area contributed by atoms with E-state index >= 15 is 0 Å². The Bertz CT molecular complexity index is 866. The third-order valence-electron chi connectivity index (χ3n) is 5.61. The number of nitrogens with zero attached hydrogens (tertiary/aromatic N) is 3. The van der Waals surface area contributed by atoms with Crippen molar-refractivity contribution < 1.29 is 14.9 Å². The number of piperidine rings is 1. The molecule has 0 atom stereocenters. The molecule has 0 saturated carbocycles. The summed E-state index contributed by atoms with van der Waals surface area (Å²) in [6, 6.07) is 3.40. The molecule has 0 bridgehead atoms. The number of aromatic nitrogens is 2. The molecule has 28 heavy (non-hydrogen) atoms. The van der Waals surface area contributed by atoms with Crippen LogP contribution in [0.4, 0.5) is 11.5 Å². The highest BCUT2D eigenvalue weighted by molar-refractivity contribution is 7.99. The normalized spacial score (nSPS) is 18.7. The van der Waals surface area contributed by atoms with Gasteiger partial charge in [-0.25, -0.2) is 9.97 Å². The molecule has 2 aromatic rings. The van der Waals surface area contributed by atoms with E-state index in [4.69, 9.17) is 22.1 Å². The summed E-state index contributed by atoms with van der Waals surface area (Å²) in [4.78, 5) is 11.3. The van der Waals surface area contributed by atoms with Crippen LogP contribution in [0, 0.1) is 5.41 Å². The number of anilines is 2. The lowest BCUT2D eigenvalue weighted by Gasteiger charge is -2.40. The lowest BCUT2D eigenvalue weighted by Crippen LogP contribution is -2.41. The zero-order valence-electron chi connectivity index (χ0n) is 15.4. The number of nitrogen functional groups attached to an aromatic ring is 1. The highest BCUT2D eigenvalue weighted by Gasteiger charge is 2.38. The summed E-state index contributed by atoms with van der Waals surface area (Å²) in [5, 5.41) is 21.1. The molecule has 0 amide bonds. The van der Waals surface area contributed by atoms with Gasteiger partial charge in [-0.1, -0.05) is 23.4 Å². The second-order valence-electron chi connectivity index (χ2n) is 7.34. The fourth-order valence-corrected chi connectivity index (χ4v) is 4.95. The minimum atomic E-state index is -0.208. The minimum absolute atomic E-state index is 0.0492. The molecule has 0 unspecified atom stereocenters. The monoisotopic (exact) mass is 422 g/mol. The molecule has 0 radical (unpaired) electrons. The van der Waals surface area contributed by atoms with E-state index in [2.05, 4.69) is 14.9 Å². The molecule has 2 saturated heterocycles. The van der Waals surface area contributed by atoms with Gasteiger partial charge in [-0.3, -0.25) is 0 Å². The quantitative estimate of drug-likeness (QED) is 0.690. The number of ether oxygens (including phenoxy) is 1. The third-order valence-corrected chi connectivity index (χ3v) is 7.17. The topological polar surface area (TPSA) is 105 Å². The number of rotatable bonds is 4. The summed E-state index contributed by atoms with van der Waals surface area (Å²) in [5.74, 6) is 0.274. The minimum Gasteiger partial charge on any atom is -0.505 e. The molecular weight excluding hydrogens is 400 g/mol. The van der Waals surface area contributed by atoms with E-state index in [1.165, 1.54) is 11.8 Å². The average molecular weight is 423 g/mol. The molecule has 150 valence electrons. The Balaban J connectivity index is 1.57. The molecule has 9 heteroatoms. The molecule has 0 aliphatic carbocycles. The number of hydrogen-bond acceptors (Lipinski definition) is 8. The summed E-state index contributed by atoms with van der Waals surface area (Å²) in [6.07, 6.45) is 4.75. The first-order valence-electron chi connectivity index (χ1n) is 9.26. The number of hydrogen-bond donors (Lipinski definition) is 3. The standard InChI is InChI=1S/C19H23ClN4O3S/c20-16-15(1-5-22-17(16)21)28-18-14(26)9-13(12(10-25)23-18)24-6-2-19(3-7-24)4-8-27-11-19/h1,5,9,25-26H,2-4,6-8,10-11H2,(H2,21,22). The number of halogens is 1. The maximum atomic E-state index is 10.6. The van der Waals surface area contributed by atoms with Gasteiger partial charge in [-0.05, 0) is 30.7 Å². The first kappa shape index (κ1) is 19.6. The number of aliphatic hydroxyl groups excluding tert-OH is 1. The van der Waals surface area contributed by atoms with Gasteiger partial charge in [0.05, 0.1) is 29.6 Å². The molecule has 7 nitrogen and oxygen atoms in total. The summed E-state index contributed by atoms with van der Waals surface area (Å²) >= 11 is 7.39. The van der Waals surface area contributed by atoms with Crippen molar-refractivity contribution in [1.82, 2.24) is 9.97 Å². The first-order valence-corrected chi connectivity index (χ1v) is 10.4. The van der Waals surface area contributed by atoms with Crippen LogP contribution >= 0.6 is 23.4 Å². The highest BCUT2D eigenvalue weighted by atomic mass is 35.5. The summed E-state index contributed by atoms with van der Waals surface area (Å²) in [7, 11) is 0. The van der Waals surface area contributed by atoms with E-state index in [9.17, 15) is 10.2 Å². The smallest absolute Gasteiger partial charge is 0.150 e. The lowest BCUT2D eigenvalue weighted by molar-refractivity contribution is 0.133. The number of aromatic hydroxyl groups is 1. The molecule has 4 N–H and O–H groups in total.